The van der Waals surface area contributed by atoms with Gasteiger partial charge in [0.05, 0.1) is 0 Å². The predicted molar refractivity (Wildman–Crippen MR) is 110 cm³/mol. The molecule has 26 heavy (non-hydrogen) atoms. The maximum Gasteiger partial charge on any atom is 0.185 e. The van der Waals surface area contributed by atoms with Gasteiger partial charge in [-0.15, -0.1) is 0 Å². The molecule has 0 aliphatic rings. The SMILES string of the molecule is CCN(CC)CCOc1ccc(C(=O)/C=C/c2ccc(Cl)cc2Cl)cc1. The zero-order valence-corrected chi connectivity index (χ0v) is 16.6. The average molecular weight is 392 g/mol. The Labute approximate surface area is 165 Å². The number of carbonyl (C=O) groups excluding carboxylic acids is 1. The van der Waals surface area contributed by atoms with Crippen molar-refractivity contribution in [3.05, 3.63) is 69.7 Å². The molecule has 5 heteroatoms. The van der Waals surface area contributed by atoms with Crippen molar-refractivity contribution in [3.63, 3.8) is 0 Å². The molecule has 0 saturated carbocycles. The highest BCUT2D eigenvalue weighted by Crippen LogP contribution is 2.22. The third kappa shape index (κ3) is 6.17. The Morgan fingerprint density at radius 3 is 2.38 bits per heavy atom. The molecule has 3 nitrogen and oxygen atoms in total. The minimum absolute atomic E-state index is 0.0919. The van der Waals surface area contributed by atoms with Gasteiger partial charge in [-0.1, -0.05) is 43.1 Å². The smallest absolute Gasteiger partial charge is 0.185 e. The summed E-state index contributed by atoms with van der Waals surface area (Å²) < 4.78 is 5.73. The summed E-state index contributed by atoms with van der Waals surface area (Å²) in [6, 6.07) is 12.3. The summed E-state index contributed by atoms with van der Waals surface area (Å²) in [5.74, 6) is 0.670. The lowest BCUT2D eigenvalue weighted by molar-refractivity contribution is 0.104. The largest absolute Gasteiger partial charge is 0.492 e. The van der Waals surface area contributed by atoms with Gasteiger partial charge in [0, 0.05) is 22.2 Å². The van der Waals surface area contributed by atoms with Crippen LogP contribution in [0.15, 0.2) is 48.5 Å². The minimum atomic E-state index is -0.0919. The van der Waals surface area contributed by atoms with Crippen molar-refractivity contribution in [3.8, 4) is 5.75 Å². The minimum Gasteiger partial charge on any atom is -0.492 e. The lowest BCUT2D eigenvalue weighted by Crippen LogP contribution is -2.27. The molecule has 0 amide bonds. The van der Waals surface area contributed by atoms with Crippen LogP contribution in [-0.2, 0) is 0 Å². The highest BCUT2D eigenvalue weighted by molar-refractivity contribution is 6.35. The number of likely N-dealkylation sites (N-methyl/N-ethyl adjacent to an activating group) is 1. The van der Waals surface area contributed by atoms with Crippen LogP contribution in [0.2, 0.25) is 10.0 Å². The monoisotopic (exact) mass is 391 g/mol. The standard InChI is InChI=1S/C21H23Cl2NO2/c1-3-24(4-2)13-14-26-19-10-6-17(7-11-19)21(25)12-8-16-5-9-18(22)15-20(16)23/h5-12,15H,3-4,13-14H2,1-2H3/b12-8+. The third-order valence-corrected chi connectivity index (χ3v) is 4.65. The molecule has 0 fully saturated rings. The summed E-state index contributed by atoms with van der Waals surface area (Å²) in [6.45, 7) is 7.81. The van der Waals surface area contributed by atoms with Crippen molar-refractivity contribution in [2.75, 3.05) is 26.2 Å². The molecule has 0 aliphatic heterocycles. The molecule has 0 radical (unpaired) electrons. The molecule has 0 N–H and O–H groups in total. The Morgan fingerprint density at radius 2 is 1.77 bits per heavy atom. The highest BCUT2D eigenvalue weighted by atomic mass is 35.5. The molecular formula is C21H23Cl2NO2. The van der Waals surface area contributed by atoms with Gasteiger partial charge in [0.1, 0.15) is 12.4 Å². The van der Waals surface area contributed by atoms with Crippen molar-refractivity contribution in [1.82, 2.24) is 4.90 Å². The molecule has 0 saturated heterocycles. The summed E-state index contributed by atoms with van der Waals surface area (Å²) in [4.78, 5) is 14.6. The van der Waals surface area contributed by atoms with Gasteiger partial charge < -0.3 is 9.64 Å². The molecule has 2 rings (SSSR count). The third-order valence-electron chi connectivity index (χ3n) is 4.09. The van der Waals surface area contributed by atoms with Crippen LogP contribution < -0.4 is 4.74 Å². The molecule has 2 aromatic carbocycles. The van der Waals surface area contributed by atoms with Crippen LogP contribution in [0.25, 0.3) is 6.08 Å². The Balaban J connectivity index is 1.92. The number of rotatable bonds is 9. The van der Waals surface area contributed by atoms with E-state index in [1.807, 2.05) is 12.1 Å². The Hall–Kier alpha value is -1.81. The quantitative estimate of drug-likeness (QED) is 0.410. The Bertz CT molecular complexity index is 753. The summed E-state index contributed by atoms with van der Waals surface area (Å²) in [5.41, 5.74) is 1.35. The van der Waals surface area contributed by atoms with Gasteiger partial charge in [0.25, 0.3) is 0 Å². The number of allylic oxidation sites excluding steroid dienone is 1. The van der Waals surface area contributed by atoms with E-state index in [1.165, 1.54) is 6.08 Å². The van der Waals surface area contributed by atoms with Gasteiger partial charge in [0.2, 0.25) is 0 Å². The summed E-state index contributed by atoms with van der Waals surface area (Å²) in [6.07, 6.45) is 3.20. The van der Waals surface area contributed by atoms with Crippen molar-refractivity contribution >= 4 is 35.1 Å². The molecule has 0 spiro atoms. The van der Waals surface area contributed by atoms with E-state index in [4.69, 9.17) is 27.9 Å². The zero-order valence-electron chi connectivity index (χ0n) is 15.0. The number of hydrogen-bond donors (Lipinski definition) is 0. The van der Waals surface area contributed by atoms with Crippen LogP contribution in [0, 0.1) is 0 Å². The molecule has 0 unspecified atom stereocenters. The molecule has 0 bridgehead atoms. The second kappa shape index (κ2) is 10.4. The lowest BCUT2D eigenvalue weighted by atomic mass is 10.1. The fraction of sp³-hybridized carbons (Fsp3) is 0.286. The van der Waals surface area contributed by atoms with E-state index in [-0.39, 0.29) is 5.78 Å². The molecule has 0 aromatic heterocycles. The first kappa shape index (κ1) is 20.5. The Morgan fingerprint density at radius 1 is 1.08 bits per heavy atom. The second-order valence-electron chi connectivity index (χ2n) is 5.76. The van der Waals surface area contributed by atoms with E-state index < -0.39 is 0 Å². The normalized spacial score (nSPS) is 11.3. The van der Waals surface area contributed by atoms with E-state index in [2.05, 4.69) is 18.7 Å². The topological polar surface area (TPSA) is 29.5 Å². The van der Waals surface area contributed by atoms with Crippen LogP contribution in [0.3, 0.4) is 0 Å². The van der Waals surface area contributed by atoms with Crippen LogP contribution in [0.1, 0.15) is 29.8 Å². The fourth-order valence-electron chi connectivity index (χ4n) is 2.45. The maximum atomic E-state index is 12.3. The van der Waals surface area contributed by atoms with E-state index in [1.54, 1.807) is 36.4 Å². The van der Waals surface area contributed by atoms with Crippen LogP contribution in [-0.4, -0.2) is 36.9 Å². The number of ketones is 1. The summed E-state index contributed by atoms with van der Waals surface area (Å²) in [7, 11) is 0. The number of ether oxygens (including phenoxy) is 1. The number of carbonyl (C=O) groups is 1. The number of halogens is 2. The predicted octanol–water partition coefficient (Wildman–Crippen LogP) is 5.61. The molecule has 0 aliphatic carbocycles. The summed E-state index contributed by atoms with van der Waals surface area (Å²) >= 11 is 12.0. The molecular weight excluding hydrogens is 369 g/mol. The second-order valence-corrected chi connectivity index (χ2v) is 6.61. The first-order chi connectivity index (χ1) is 12.5. The highest BCUT2D eigenvalue weighted by Gasteiger charge is 2.04. The number of nitrogens with zero attached hydrogens (tertiary/aromatic N) is 1. The zero-order chi connectivity index (χ0) is 18.9. The molecule has 138 valence electrons. The Kier molecular flexibility index (Phi) is 8.17. The van der Waals surface area contributed by atoms with Gasteiger partial charge in [-0.05, 0) is 67.2 Å². The molecule has 2 aromatic rings. The van der Waals surface area contributed by atoms with E-state index in [0.717, 1.165) is 30.9 Å². The van der Waals surface area contributed by atoms with Crippen LogP contribution in [0.4, 0.5) is 0 Å². The van der Waals surface area contributed by atoms with Crippen LogP contribution >= 0.6 is 23.2 Å². The summed E-state index contributed by atoms with van der Waals surface area (Å²) in [5, 5.41) is 1.08. The van der Waals surface area contributed by atoms with Gasteiger partial charge in [-0.3, -0.25) is 4.79 Å². The number of hydrogen-bond acceptors (Lipinski definition) is 3. The first-order valence-corrected chi connectivity index (χ1v) is 9.41. The van der Waals surface area contributed by atoms with E-state index in [9.17, 15) is 4.79 Å². The molecule has 0 heterocycles. The van der Waals surface area contributed by atoms with Crippen LogP contribution in [0.5, 0.6) is 5.75 Å². The van der Waals surface area contributed by atoms with Gasteiger partial charge in [-0.2, -0.15) is 0 Å². The first-order valence-electron chi connectivity index (χ1n) is 8.66. The molecule has 0 atom stereocenters. The van der Waals surface area contributed by atoms with E-state index >= 15 is 0 Å². The van der Waals surface area contributed by atoms with Crippen molar-refractivity contribution in [2.45, 2.75) is 13.8 Å². The van der Waals surface area contributed by atoms with Crippen molar-refractivity contribution < 1.29 is 9.53 Å². The van der Waals surface area contributed by atoms with E-state index in [0.29, 0.717) is 22.2 Å². The lowest BCUT2D eigenvalue weighted by Gasteiger charge is -2.17. The van der Waals surface area contributed by atoms with Crippen molar-refractivity contribution in [1.29, 1.82) is 0 Å². The fourth-order valence-corrected chi connectivity index (χ4v) is 2.92. The van der Waals surface area contributed by atoms with Gasteiger partial charge in [0.15, 0.2) is 5.78 Å². The van der Waals surface area contributed by atoms with Gasteiger partial charge in [-0.25, -0.2) is 0 Å². The van der Waals surface area contributed by atoms with Crippen molar-refractivity contribution in [2.24, 2.45) is 0 Å². The maximum absolute atomic E-state index is 12.3. The average Bonchev–Trinajstić information content (AvgIpc) is 2.65. The van der Waals surface area contributed by atoms with Gasteiger partial charge >= 0.3 is 0 Å². The number of benzene rings is 2.